The summed E-state index contributed by atoms with van der Waals surface area (Å²) in [5.74, 6) is -0.658. The highest BCUT2D eigenvalue weighted by atomic mass is 35.5. The van der Waals surface area contributed by atoms with Crippen LogP contribution in [-0.4, -0.2) is 126 Å². The number of methoxy groups -OCH3 is 1. The second-order valence-corrected chi connectivity index (χ2v) is 16.4. The molecule has 320 valence electrons. The summed E-state index contributed by atoms with van der Waals surface area (Å²) in [7, 11) is 3.34. The molecule has 0 aliphatic carbocycles. The number of fused-ring (bicyclic) bond motifs is 1. The minimum Gasteiger partial charge on any atom is -0.494 e. The van der Waals surface area contributed by atoms with Crippen molar-refractivity contribution in [1.82, 2.24) is 25.1 Å². The number of benzene rings is 3. The summed E-state index contributed by atoms with van der Waals surface area (Å²) in [4.78, 5) is 67.4. The molecular weight excluding hydrogens is 824 g/mol. The Bertz CT molecular complexity index is 2340. The number of carbonyl (C=O) groups excluding carboxylic acids is 4. The molecule has 8 rings (SSSR count). The fraction of sp³-hybridized carbons (Fsp3) is 0.381. The van der Waals surface area contributed by atoms with E-state index in [4.69, 9.17) is 21.1 Å². The van der Waals surface area contributed by atoms with Crippen molar-refractivity contribution < 1.29 is 32.9 Å². The molecule has 1 aromatic heterocycles. The van der Waals surface area contributed by atoms with Gasteiger partial charge in [0, 0.05) is 76.7 Å². The Morgan fingerprint density at radius 2 is 1.59 bits per heavy atom. The van der Waals surface area contributed by atoms with Crippen molar-refractivity contribution in [3.05, 3.63) is 83.0 Å². The van der Waals surface area contributed by atoms with Gasteiger partial charge in [-0.1, -0.05) is 23.7 Å². The second-order valence-electron chi connectivity index (χ2n) is 15.2. The molecule has 3 aromatic carbocycles. The van der Waals surface area contributed by atoms with Gasteiger partial charge in [-0.05, 0) is 61.7 Å². The van der Waals surface area contributed by atoms with Gasteiger partial charge in [-0.3, -0.25) is 38.6 Å². The number of nitrogens with zero attached hydrogens (tertiary/aromatic N) is 7. The average Bonchev–Trinajstić information content (AvgIpc) is 3.53. The van der Waals surface area contributed by atoms with E-state index in [2.05, 4.69) is 46.7 Å². The number of aromatic nitrogens is 2. The van der Waals surface area contributed by atoms with Gasteiger partial charge in [-0.15, -0.1) is 0 Å². The van der Waals surface area contributed by atoms with Crippen LogP contribution in [0.25, 0.3) is 0 Å². The molecule has 4 amide bonds. The molecular formula is C42H47ClN10O7S. The Balaban J connectivity index is 0.785. The molecule has 0 bridgehead atoms. The minimum absolute atomic E-state index is 0.0842. The summed E-state index contributed by atoms with van der Waals surface area (Å²) in [5, 5.41) is 9.05. The van der Waals surface area contributed by atoms with E-state index in [1.165, 1.54) is 6.20 Å². The van der Waals surface area contributed by atoms with E-state index >= 15 is 0 Å². The van der Waals surface area contributed by atoms with Gasteiger partial charge in [0.2, 0.25) is 17.8 Å². The highest BCUT2D eigenvalue weighted by Crippen LogP contribution is 2.35. The number of carbonyl (C=O) groups is 4. The number of thiol groups is 1. The first-order chi connectivity index (χ1) is 29.6. The number of rotatable bonds is 14. The van der Waals surface area contributed by atoms with E-state index in [0.29, 0.717) is 46.2 Å². The predicted molar refractivity (Wildman–Crippen MR) is 234 cm³/mol. The smallest absolute Gasteiger partial charge is 0.262 e. The van der Waals surface area contributed by atoms with Gasteiger partial charge in [-0.2, -0.15) is 4.98 Å². The van der Waals surface area contributed by atoms with Crippen molar-refractivity contribution in [2.24, 2.45) is 0 Å². The van der Waals surface area contributed by atoms with Gasteiger partial charge in [-0.25, -0.2) is 9.19 Å². The largest absolute Gasteiger partial charge is 0.494 e. The molecule has 5 heterocycles. The number of hydrogen-bond acceptors (Lipinski definition) is 14. The van der Waals surface area contributed by atoms with Crippen LogP contribution in [0.15, 0.2) is 66.9 Å². The van der Waals surface area contributed by atoms with Gasteiger partial charge in [0.15, 0.2) is 5.82 Å². The number of anilines is 7. The van der Waals surface area contributed by atoms with Gasteiger partial charge in [0.25, 0.3) is 11.8 Å². The highest BCUT2D eigenvalue weighted by Gasteiger charge is 2.45. The fourth-order valence-corrected chi connectivity index (χ4v) is 8.56. The molecule has 4 aromatic rings. The number of piperazine rings is 1. The van der Waals surface area contributed by atoms with Gasteiger partial charge < -0.3 is 29.9 Å². The number of ether oxygens (including phenoxy) is 2. The van der Waals surface area contributed by atoms with E-state index in [1.54, 1.807) is 30.6 Å². The van der Waals surface area contributed by atoms with Crippen molar-refractivity contribution in [2.75, 3.05) is 91.3 Å². The lowest BCUT2D eigenvalue weighted by Gasteiger charge is -2.37. The van der Waals surface area contributed by atoms with Crippen molar-refractivity contribution in [3.8, 4) is 5.75 Å². The lowest BCUT2D eigenvalue weighted by Crippen LogP contribution is -2.54. The molecule has 1 unspecified atom stereocenters. The van der Waals surface area contributed by atoms with Crippen LogP contribution < -0.4 is 34.8 Å². The molecule has 0 radical (unpaired) electrons. The summed E-state index contributed by atoms with van der Waals surface area (Å²) < 4.78 is 25.2. The third-order valence-corrected chi connectivity index (χ3v) is 12.3. The van der Waals surface area contributed by atoms with Crippen molar-refractivity contribution >= 4 is 87.3 Å². The first-order valence-corrected chi connectivity index (χ1v) is 21.3. The van der Waals surface area contributed by atoms with Crippen molar-refractivity contribution in [1.29, 1.82) is 0 Å². The summed E-state index contributed by atoms with van der Waals surface area (Å²) in [5.41, 5.74) is 4.57. The lowest BCUT2D eigenvalue weighted by atomic mass is 10.0. The number of hydrogen-bond donors (Lipinski definition) is 4. The molecule has 17 nitrogen and oxygen atoms in total. The van der Waals surface area contributed by atoms with Gasteiger partial charge in [0.1, 0.15) is 28.7 Å². The maximum Gasteiger partial charge on any atom is 0.262 e. The van der Waals surface area contributed by atoms with Crippen LogP contribution in [0.5, 0.6) is 5.75 Å². The van der Waals surface area contributed by atoms with Crippen LogP contribution in [0, 0.1) is 0 Å². The number of imide groups is 2. The molecule has 4 aliphatic rings. The summed E-state index contributed by atoms with van der Waals surface area (Å²) in [6.07, 6.45) is 3.53. The lowest BCUT2D eigenvalue weighted by molar-refractivity contribution is -0.136. The molecule has 3 N–H and O–H groups in total. The van der Waals surface area contributed by atoms with Crippen molar-refractivity contribution in [3.63, 3.8) is 0 Å². The normalized spacial score (nSPS) is 18.6. The summed E-state index contributed by atoms with van der Waals surface area (Å²) in [6, 6.07) is 17.7. The van der Waals surface area contributed by atoms with Gasteiger partial charge in [0.05, 0.1) is 54.2 Å². The number of para-hydroxylation sites is 2. The number of piperidine rings is 2. The number of halogens is 1. The zero-order valence-electron chi connectivity index (χ0n) is 33.8. The van der Waals surface area contributed by atoms with Crippen molar-refractivity contribution in [2.45, 2.75) is 37.8 Å². The maximum absolute atomic E-state index is 13.3. The topological polar surface area (TPSA) is 182 Å². The maximum atomic E-state index is 13.3. The van der Waals surface area contributed by atoms with E-state index in [9.17, 15) is 23.4 Å². The Morgan fingerprint density at radius 1 is 0.869 bits per heavy atom. The zero-order valence-corrected chi connectivity index (χ0v) is 35.5. The zero-order chi connectivity index (χ0) is 42.6. The quantitative estimate of drug-likeness (QED) is 0.105. The number of amides is 4. The van der Waals surface area contributed by atoms with E-state index in [-0.39, 0.29) is 41.9 Å². The van der Waals surface area contributed by atoms with Crippen LogP contribution in [0.2, 0.25) is 5.02 Å². The number of nitrogens with one attached hydrogen (secondary N) is 3. The SMILES string of the molecule is COc1cc(N2CCN(CCOC3CCN(c4ccc5c(c4)C(=O)N(C4CCC(=O)NC4=O)C5=O)CC3)CC2)ccc1Nc1ncc(Cl)c(Nc2ccccc2N(C)[SH]=O)n1. The Morgan fingerprint density at radius 3 is 2.34 bits per heavy atom. The Kier molecular flexibility index (Phi) is 12.7. The highest BCUT2D eigenvalue weighted by molar-refractivity contribution is 7.67. The predicted octanol–water partition coefficient (Wildman–Crippen LogP) is 4.13. The van der Waals surface area contributed by atoms with Crippen LogP contribution in [0.3, 0.4) is 0 Å². The summed E-state index contributed by atoms with van der Waals surface area (Å²) in [6.45, 7) is 6.47. The van der Waals surface area contributed by atoms with Crippen LogP contribution >= 0.6 is 11.6 Å². The van der Waals surface area contributed by atoms with Crippen LogP contribution in [0.1, 0.15) is 46.4 Å². The van der Waals surface area contributed by atoms with E-state index < -0.39 is 29.7 Å². The van der Waals surface area contributed by atoms with E-state index in [1.807, 2.05) is 42.5 Å². The third-order valence-electron chi connectivity index (χ3n) is 11.5. The molecule has 0 saturated carbocycles. The first kappa shape index (κ1) is 41.9. The molecule has 3 saturated heterocycles. The Hall–Kier alpha value is -5.82. The standard InChI is InChI=1S/C42H47ClN10O7S/c1-49(61-58)34-6-4-3-5-32(34)45-38-31(43)25-44-42(48-38)46-33-10-8-27(24-36(33)59-2)52-19-17-50(18-20-52)21-22-60-28-13-15-51(16-14-28)26-7-9-29-30(23-26)41(57)53(40(29)56)35-11-12-37(54)47-39(35)55/h3-10,23-25,28,35,61H,11-22H2,1-2H3,(H,47,54,55)(H2,44,45,46,48). The minimum atomic E-state index is -0.983. The molecule has 61 heavy (non-hydrogen) atoms. The third kappa shape index (κ3) is 9.12. The molecule has 1 atom stereocenters. The second kappa shape index (κ2) is 18.4. The molecule has 19 heteroatoms. The van der Waals surface area contributed by atoms with Crippen LogP contribution in [-0.2, 0) is 26.2 Å². The molecule has 4 aliphatic heterocycles. The molecule has 3 fully saturated rings. The van der Waals surface area contributed by atoms with E-state index in [0.717, 1.165) is 74.9 Å². The average molecular weight is 871 g/mol. The molecule has 0 spiro atoms. The fourth-order valence-electron chi connectivity index (χ4n) is 8.16. The monoisotopic (exact) mass is 870 g/mol. The first-order valence-electron chi connectivity index (χ1n) is 20.2. The Labute approximate surface area is 361 Å². The van der Waals surface area contributed by atoms with Gasteiger partial charge >= 0.3 is 0 Å². The van der Waals surface area contributed by atoms with Crippen LogP contribution in [0.4, 0.5) is 40.2 Å². The summed E-state index contributed by atoms with van der Waals surface area (Å²) >= 11 is 6.31.